The molecule has 0 aromatic heterocycles. The minimum Gasteiger partial charge on any atom is -0.497 e. The Balaban J connectivity index is 0.000000256. The van der Waals surface area contributed by atoms with E-state index < -0.39 is 0 Å². The Morgan fingerprint density at radius 1 is 0.305 bits per heavy atom. The number of methoxy groups -OCH3 is 6. The summed E-state index contributed by atoms with van der Waals surface area (Å²) in [6.07, 6.45) is 7.35. The first-order valence-electron chi connectivity index (χ1n) is 18.8. The fourth-order valence-electron chi connectivity index (χ4n) is 7.65. The van der Waals surface area contributed by atoms with Crippen LogP contribution in [0.1, 0.15) is 59.1 Å². The number of hydrogen-bond acceptors (Lipinski definition) is 6. The molecule has 0 unspecified atom stereocenters. The average Bonchev–Trinajstić information content (AvgIpc) is 3.30. The molecule has 0 bridgehead atoms. The molecule has 0 aliphatic heterocycles. The Labute approximate surface area is 370 Å². The van der Waals surface area contributed by atoms with Crippen molar-refractivity contribution in [3.8, 4) is 34.5 Å². The molecular weight excluding hydrogens is 742 g/mol. The van der Waals surface area contributed by atoms with Gasteiger partial charge in [-0.25, -0.2) is 0 Å². The van der Waals surface area contributed by atoms with Crippen LogP contribution in [0.3, 0.4) is 0 Å². The van der Waals surface area contributed by atoms with Crippen molar-refractivity contribution in [2.24, 2.45) is 0 Å². The second kappa shape index (κ2) is 23.0. The summed E-state index contributed by atoms with van der Waals surface area (Å²) in [5.74, 6) is 5.26. The second-order valence-corrected chi connectivity index (χ2v) is 13.4. The first-order chi connectivity index (χ1) is 28.3. The van der Waals surface area contributed by atoms with E-state index in [0.717, 1.165) is 47.3 Å². The molecular formula is C50H60B2MgO6. The van der Waals surface area contributed by atoms with Crippen molar-refractivity contribution in [1.82, 2.24) is 0 Å². The van der Waals surface area contributed by atoms with Crippen LogP contribution in [0, 0.1) is 0 Å². The summed E-state index contributed by atoms with van der Waals surface area (Å²) < 4.78 is 32.5. The third-order valence-electron chi connectivity index (χ3n) is 10.6. The topological polar surface area (TPSA) is 55.4 Å². The minimum atomic E-state index is -0.223. The van der Waals surface area contributed by atoms with Crippen molar-refractivity contribution in [3.05, 3.63) is 179 Å². The standard InChI is InChI=1S/2C25H30BO3.Mg/c2*1-27-22-11-5-19(6-12-22)25(17-4-18-26,20-7-13-23(28-2)14-8-20)21-9-15-24(29-3)16-10-21;/h2*5-16H,4,17-18H2,1-3,26H3;/q2*-1;+2. The fourth-order valence-corrected chi connectivity index (χ4v) is 7.65. The van der Waals surface area contributed by atoms with Gasteiger partial charge in [-0.05, 0) is 135 Å². The van der Waals surface area contributed by atoms with Gasteiger partial charge >= 0.3 is 23.1 Å². The Morgan fingerprint density at radius 2 is 0.458 bits per heavy atom. The number of rotatable bonds is 18. The maximum absolute atomic E-state index is 5.41. The summed E-state index contributed by atoms with van der Waals surface area (Å²) in [6.45, 7) is 0. The van der Waals surface area contributed by atoms with Crippen LogP contribution in [0.15, 0.2) is 146 Å². The van der Waals surface area contributed by atoms with Crippen LogP contribution in [0.4, 0.5) is 0 Å². The van der Waals surface area contributed by atoms with Crippen molar-refractivity contribution >= 4 is 38.7 Å². The van der Waals surface area contributed by atoms with Crippen LogP contribution in [0.2, 0.25) is 12.6 Å². The van der Waals surface area contributed by atoms with Crippen LogP contribution in [-0.2, 0) is 10.8 Å². The monoisotopic (exact) mass is 802 g/mol. The fraction of sp³-hybridized carbons (Fsp3) is 0.280. The third kappa shape index (κ3) is 10.8. The smallest absolute Gasteiger partial charge is 0.497 e. The third-order valence-corrected chi connectivity index (χ3v) is 10.6. The van der Waals surface area contributed by atoms with E-state index >= 15 is 0 Å². The molecule has 9 heteroatoms. The van der Waals surface area contributed by atoms with Crippen molar-refractivity contribution in [2.45, 2.75) is 49.2 Å². The molecule has 0 amide bonds. The molecule has 0 fully saturated rings. The molecule has 0 saturated carbocycles. The van der Waals surface area contributed by atoms with E-state index in [-0.39, 0.29) is 33.9 Å². The quantitative estimate of drug-likeness (QED) is 0.0640. The van der Waals surface area contributed by atoms with Crippen LogP contribution >= 0.6 is 0 Å². The number of benzene rings is 6. The van der Waals surface area contributed by atoms with Gasteiger partial charge in [-0.15, -0.1) is 0 Å². The largest absolute Gasteiger partial charge is 2.00 e. The Morgan fingerprint density at radius 3 is 0.576 bits per heavy atom. The summed E-state index contributed by atoms with van der Waals surface area (Å²) in [5.41, 5.74) is 7.23. The Kier molecular flexibility index (Phi) is 18.2. The molecule has 0 atom stereocenters. The van der Waals surface area contributed by atoms with E-state index in [2.05, 4.69) is 146 Å². The van der Waals surface area contributed by atoms with Crippen LogP contribution in [0.25, 0.3) is 0 Å². The first kappa shape index (κ1) is 46.7. The Bertz CT molecular complexity index is 1700. The summed E-state index contributed by atoms with van der Waals surface area (Å²) in [7, 11) is 11.0. The van der Waals surface area contributed by atoms with E-state index in [1.807, 2.05) is 0 Å². The summed E-state index contributed by atoms with van der Waals surface area (Å²) in [4.78, 5) is 0. The zero-order valence-electron chi connectivity index (χ0n) is 34.3. The van der Waals surface area contributed by atoms with E-state index in [1.165, 1.54) is 58.9 Å². The average molecular weight is 803 g/mol. The maximum atomic E-state index is 5.41. The summed E-state index contributed by atoms with van der Waals surface area (Å²) in [6, 6.07) is 51.2. The van der Waals surface area contributed by atoms with Gasteiger partial charge in [-0.3, -0.25) is 0 Å². The van der Waals surface area contributed by atoms with Crippen LogP contribution < -0.4 is 28.4 Å². The van der Waals surface area contributed by atoms with Crippen molar-refractivity contribution in [1.29, 1.82) is 0 Å². The molecule has 0 aliphatic carbocycles. The van der Waals surface area contributed by atoms with Crippen LogP contribution in [0.5, 0.6) is 34.5 Å². The zero-order chi connectivity index (χ0) is 41.4. The first-order valence-corrected chi connectivity index (χ1v) is 18.8. The van der Waals surface area contributed by atoms with Gasteiger partial charge in [0.2, 0.25) is 0 Å². The van der Waals surface area contributed by atoms with Gasteiger partial charge in [-0.2, -0.15) is 12.6 Å². The molecule has 0 aliphatic rings. The van der Waals surface area contributed by atoms with E-state index in [1.54, 1.807) is 42.7 Å². The van der Waals surface area contributed by atoms with Crippen molar-refractivity contribution < 1.29 is 28.4 Å². The molecule has 0 radical (unpaired) electrons. The summed E-state index contributed by atoms with van der Waals surface area (Å²) in [5, 5.41) is 0. The zero-order valence-corrected chi connectivity index (χ0v) is 35.7. The van der Waals surface area contributed by atoms with Crippen molar-refractivity contribution in [3.63, 3.8) is 0 Å². The van der Waals surface area contributed by atoms with Gasteiger partial charge in [0, 0.05) is 10.8 Å². The molecule has 6 nitrogen and oxygen atoms in total. The maximum Gasteiger partial charge on any atom is 2.00 e. The van der Waals surface area contributed by atoms with E-state index in [0.29, 0.717) is 15.7 Å². The van der Waals surface area contributed by atoms with Crippen molar-refractivity contribution in [2.75, 3.05) is 42.7 Å². The van der Waals surface area contributed by atoms with Gasteiger partial charge in [-0.1, -0.05) is 85.6 Å². The molecule has 6 rings (SSSR count). The molecule has 0 saturated heterocycles. The van der Waals surface area contributed by atoms with Gasteiger partial charge in [0.15, 0.2) is 0 Å². The molecule has 0 heterocycles. The minimum absolute atomic E-state index is 0. The molecule has 6 aromatic carbocycles. The van der Waals surface area contributed by atoms with Crippen LogP contribution in [-0.4, -0.2) is 81.4 Å². The normalized spacial score (nSPS) is 11.0. The van der Waals surface area contributed by atoms with E-state index in [9.17, 15) is 0 Å². The van der Waals surface area contributed by atoms with Gasteiger partial charge < -0.3 is 28.4 Å². The number of ether oxygens (including phenoxy) is 6. The van der Waals surface area contributed by atoms with Gasteiger partial charge in [0.05, 0.1) is 42.7 Å². The molecule has 59 heavy (non-hydrogen) atoms. The molecule has 6 aromatic rings. The molecule has 0 spiro atoms. The predicted octanol–water partition coefficient (Wildman–Crippen LogP) is 8.84. The van der Waals surface area contributed by atoms with Gasteiger partial charge in [0.25, 0.3) is 0 Å². The van der Waals surface area contributed by atoms with Gasteiger partial charge in [0.1, 0.15) is 34.5 Å². The molecule has 304 valence electrons. The molecule has 0 N–H and O–H groups in total. The van der Waals surface area contributed by atoms with E-state index in [4.69, 9.17) is 28.4 Å². The summed E-state index contributed by atoms with van der Waals surface area (Å²) >= 11 is 0. The second-order valence-electron chi connectivity index (χ2n) is 13.4. The predicted molar refractivity (Wildman–Crippen MR) is 251 cm³/mol. The Hall–Kier alpha value is -4.98. The SMILES string of the molecule is [BH3-]CCCC(c1ccc(OC)cc1)(c1ccc(OC)cc1)c1ccc(OC)cc1.[BH3-]CCCC(c1ccc(OC)cc1)(c1ccc(OC)cc1)c1ccc(OC)cc1.[Mg+2]. The number of hydrogen-bond donors (Lipinski definition) is 0.